The van der Waals surface area contributed by atoms with Crippen LogP contribution in [0.3, 0.4) is 0 Å². The molecule has 0 amide bonds. The van der Waals surface area contributed by atoms with Crippen molar-refractivity contribution < 1.29 is 0 Å². The molecular formula is C15H13Cl2N. The minimum Gasteiger partial charge on any atom is -0.285 e. The van der Waals surface area contributed by atoms with Crippen LogP contribution in [-0.4, -0.2) is 6.21 Å². The number of aliphatic imine (C=N–C) groups is 1. The third-order valence-corrected chi connectivity index (χ3v) is 3.24. The zero-order valence-electron chi connectivity index (χ0n) is 9.98. The lowest BCUT2D eigenvalue weighted by Gasteiger charge is -2.06. The van der Waals surface area contributed by atoms with Crippen molar-refractivity contribution in [1.82, 2.24) is 0 Å². The van der Waals surface area contributed by atoms with E-state index in [-0.39, 0.29) is 6.04 Å². The average Bonchev–Trinajstić information content (AvgIpc) is 2.38. The molecule has 0 aliphatic carbocycles. The molecule has 0 spiro atoms. The molecule has 1 atom stereocenters. The summed E-state index contributed by atoms with van der Waals surface area (Å²) in [7, 11) is 0. The molecule has 0 N–H and O–H groups in total. The predicted molar refractivity (Wildman–Crippen MR) is 78.9 cm³/mol. The summed E-state index contributed by atoms with van der Waals surface area (Å²) in [6.07, 6.45) is 1.79. The van der Waals surface area contributed by atoms with Crippen LogP contribution in [0.4, 0.5) is 0 Å². The molecule has 0 aliphatic heterocycles. The molecule has 0 aromatic heterocycles. The maximum Gasteiger partial charge on any atom is 0.0721 e. The van der Waals surface area contributed by atoms with E-state index in [4.69, 9.17) is 23.2 Å². The van der Waals surface area contributed by atoms with Gasteiger partial charge in [-0.2, -0.15) is 0 Å². The van der Waals surface area contributed by atoms with Crippen LogP contribution in [0.5, 0.6) is 0 Å². The second-order valence-electron chi connectivity index (χ2n) is 4.03. The number of benzene rings is 2. The highest BCUT2D eigenvalue weighted by molar-refractivity contribution is 6.36. The van der Waals surface area contributed by atoms with Gasteiger partial charge in [0.2, 0.25) is 0 Å². The van der Waals surface area contributed by atoms with Crippen molar-refractivity contribution in [3.8, 4) is 0 Å². The number of hydrogen-bond donors (Lipinski definition) is 0. The van der Waals surface area contributed by atoms with Gasteiger partial charge in [0, 0.05) is 16.8 Å². The summed E-state index contributed by atoms with van der Waals surface area (Å²) in [6.45, 7) is 2.05. The van der Waals surface area contributed by atoms with Crippen molar-refractivity contribution in [2.45, 2.75) is 13.0 Å². The van der Waals surface area contributed by atoms with E-state index in [0.717, 1.165) is 5.56 Å². The van der Waals surface area contributed by atoms with Crippen LogP contribution in [0.2, 0.25) is 10.0 Å². The molecule has 0 aliphatic rings. The van der Waals surface area contributed by atoms with Gasteiger partial charge in [0.25, 0.3) is 0 Å². The Morgan fingerprint density at radius 3 is 2.44 bits per heavy atom. The maximum absolute atomic E-state index is 6.08. The van der Waals surface area contributed by atoms with Gasteiger partial charge in [0.15, 0.2) is 0 Å². The lowest BCUT2D eigenvalue weighted by molar-refractivity contribution is 0.825. The van der Waals surface area contributed by atoms with Gasteiger partial charge >= 0.3 is 0 Å². The molecule has 18 heavy (non-hydrogen) atoms. The molecule has 92 valence electrons. The van der Waals surface area contributed by atoms with Crippen LogP contribution in [0, 0.1) is 0 Å². The number of rotatable bonds is 3. The van der Waals surface area contributed by atoms with Gasteiger partial charge in [-0.25, -0.2) is 0 Å². The van der Waals surface area contributed by atoms with E-state index in [9.17, 15) is 0 Å². The van der Waals surface area contributed by atoms with E-state index in [1.807, 2.05) is 30.3 Å². The van der Waals surface area contributed by atoms with Gasteiger partial charge in [-0.1, -0.05) is 59.6 Å². The Morgan fingerprint density at radius 2 is 1.78 bits per heavy atom. The SMILES string of the molecule is C[C@H](N=Cc1ccc(Cl)cc1Cl)c1ccccc1. The Labute approximate surface area is 117 Å². The predicted octanol–water partition coefficient (Wildman–Crippen LogP) is 5.17. The number of halogens is 2. The third kappa shape index (κ3) is 3.34. The van der Waals surface area contributed by atoms with Crippen molar-refractivity contribution >= 4 is 29.4 Å². The largest absolute Gasteiger partial charge is 0.285 e. The van der Waals surface area contributed by atoms with Crippen molar-refractivity contribution in [2.75, 3.05) is 0 Å². The van der Waals surface area contributed by atoms with Gasteiger partial charge in [-0.3, -0.25) is 4.99 Å². The Kier molecular flexibility index (Phi) is 4.40. The molecular weight excluding hydrogens is 265 g/mol. The molecule has 1 nitrogen and oxygen atoms in total. The van der Waals surface area contributed by atoms with Gasteiger partial charge in [0.05, 0.1) is 11.1 Å². The van der Waals surface area contributed by atoms with Crippen LogP contribution in [0.1, 0.15) is 24.1 Å². The maximum atomic E-state index is 6.08. The fourth-order valence-corrected chi connectivity index (χ4v) is 2.07. The highest BCUT2D eigenvalue weighted by atomic mass is 35.5. The van der Waals surface area contributed by atoms with Crippen molar-refractivity contribution in [2.24, 2.45) is 4.99 Å². The van der Waals surface area contributed by atoms with Crippen LogP contribution in [0.15, 0.2) is 53.5 Å². The van der Waals surface area contributed by atoms with E-state index >= 15 is 0 Å². The molecule has 2 aromatic carbocycles. The average molecular weight is 278 g/mol. The Morgan fingerprint density at radius 1 is 1.06 bits per heavy atom. The van der Waals surface area contributed by atoms with Gasteiger partial charge in [0.1, 0.15) is 0 Å². The zero-order valence-corrected chi connectivity index (χ0v) is 11.5. The van der Waals surface area contributed by atoms with Crippen molar-refractivity contribution in [1.29, 1.82) is 0 Å². The van der Waals surface area contributed by atoms with Crippen LogP contribution in [0.25, 0.3) is 0 Å². The topological polar surface area (TPSA) is 12.4 Å². The Hall–Kier alpha value is -1.31. The van der Waals surface area contributed by atoms with Crippen LogP contribution < -0.4 is 0 Å². The molecule has 0 saturated carbocycles. The molecule has 0 saturated heterocycles. The smallest absolute Gasteiger partial charge is 0.0721 e. The molecule has 0 bridgehead atoms. The summed E-state index contributed by atoms with van der Waals surface area (Å²) in [5, 5.41) is 1.25. The molecule has 0 radical (unpaired) electrons. The minimum atomic E-state index is 0.109. The fraction of sp³-hybridized carbons (Fsp3) is 0.133. The minimum absolute atomic E-state index is 0.109. The van der Waals surface area contributed by atoms with Gasteiger partial charge in [-0.15, -0.1) is 0 Å². The van der Waals surface area contributed by atoms with Crippen LogP contribution in [-0.2, 0) is 0 Å². The molecule has 0 heterocycles. The first-order chi connectivity index (χ1) is 8.66. The molecule has 0 unspecified atom stereocenters. The Bertz CT molecular complexity index is 550. The second kappa shape index (κ2) is 6.03. The summed E-state index contributed by atoms with van der Waals surface area (Å²) in [5.41, 5.74) is 2.06. The van der Waals surface area contributed by atoms with E-state index in [0.29, 0.717) is 10.0 Å². The third-order valence-electron chi connectivity index (χ3n) is 2.68. The first-order valence-corrected chi connectivity index (χ1v) is 6.45. The normalized spacial score (nSPS) is 12.8. The van der Waals surface area contributed by atoms with Gasteiger partial charge < -0.3 is 0 Å². The van der Waals surface area contributed by atoms with Crippen molar-refractivity contribution in [3.05, 3.63) is 69.7 Å². The second-order valence-corrected chi connectivity index (χ2v) is 4.87. The summed E-state index contributed by atoms with van der Waals surface area (Å²) >= 11 is 11.9. The van der Waals surface area contributed by atoms with E-state index in [1.165, 1.54) is 5.56 Å². The van der Waals surface area contributed by atoms with Gasteiger partial charge in [-0.05, 0) is 24.6 Å². The summed E-state index contributed by atoms with van der Waals surface area (Å²) in [6, 6.07) is 15.6. The first-order valence-electron chi connectivity index (χ1n) is 5.70. The van der Waals surface area contributed by atoms with E-state index in [1.54, 1.807) is 12.3 Å². The van der Waals surface area contributed by atoms with E-state index in [2.05, 4.69) is 24.0 Å². The lowest BCUT2D eigenvalue weighted by atomic mass is 10.1. The van der Waals surface area contributed by atoms with E-state index < -0.39 is 0 Å². The Balaban J connectivity index is 2.16. The van der Waals surface area contributed by atoms with Crippen LogP contribution >= 0.6 is 23.2 Å². The zero-order chi connectivity index (χ0) is 13.0. The highest BCUT2D eigenvalue weighted by Gasteiger charge is 2.02. The number of nitrogens with zero attached hydrogens (tertiary/aromatic N) is 1. The molecule has 0 fully saturated rings. The summed E-state index contributed by atoms with van der Waals surface area (Å²) in [5.74, 6) is 0. The molecule has 2 aromatic rings. The first kappa shape index (κ1) is 13.1. The van der Waals surface area contributed by atoms with Crippen molar-refractivity contribution in [3.63, 3.8) is 0 Å². The number of hydrogen-bond acceptors (Lipinski definition) is 1. The standard InChI is InChI=1S/C15H13Cl2N/c1-11(12-5-3-2-4-6-12)18-10-13-7-8-14(16)9-15(13)17/h2-11H,1H3/t11-/m0/s1. The quantitative estimate of drug-likeness (QED) is 0.686. The highest BCUT2D eigenvalue weighted by Crippen LogP contribution is 2.21. The fourth-order valence-electron chi connectivity index (χ4n) is 1.62. The summed E-state index contributed by atoms with van der Waals surface area (Å²) < 4.78 is 0. The summed E-state index contributed by atoms with van der Waals surface area (Å²) in [4.78, 5) is 4.50. The molecule has 2 rings (SSSR count). The lowest BCUT2D eigenvalue weighted by Crippen LogP contribution is -1.91. The molecule has 3 heteroatoms. The monoisotopic (exact) mass is 277 g/mol.